The molecule has 5 heteroatoms. The molecule has 0 atom stereocenters. The van der Waals surface area contributed by atoms with Crippen molar-refractivity contribution in [3.8, 4) is 5.75 Å². The molecule has 0 aliphatic carbocycles. The third kappa shape index (κ3) is 1.99. The maximum Gasteiger partial charge on any atom is 0.340 e. The Morgan fingerprint density at radius 2 is 2.07 bits per heavy atom. The summed E-state index contributed by atoms with van der Waals surface area (Å²) in [5, 5.41) is 0.338. The van der Waals surface area contributed by atoms with E-state index in [0.717, 1.165) is 0 Å². The van der Waals surface area contributed by atoms with Crippen molar-refractivity contribution in [3.63, 3.8) is 0 Å². The first-order valence-electron chi connectivity index (χ1n) is 4.23. The fourth-order valence-electron chi connectivity index (χ4n) is 1.30. The van der Waals surface area contributed by atoms with E-state index in [1.807, 2.05) is 0 Å². The van der Waals surface area contributed by atoms with Crippen molar-refractivity contribution in [2.24, 2.45) is 0 Å². The van der Waals surface area contributed by atoms with E-state index in [0.29, 0.717) is 22.0 Å². The molecule has 1 aromatic rings. The summed E-state index contributed by atoms with van der Waals surface area (Å²) in [6.07, 6.45) is 0. The minimum Gasteiger partial charge on any atom is -0.495 e. The predicted molar refractivity (Wildman–Crippen MR) is 58.5 cm³/mol. The maximum atomic E-state index is 11.3. The number of ether oxygens (including phenoxy) is 2. The van der Waals surface area contributed by atoms with Gasteiger partial charge >= 0.3 is 5.97 Å². The van der Waals surface area contributed by atoms with Crippen LogP contribution in [0.25, 0.3) is 0 Å². The van der Waals surface area contributed by atoms with Crippen LogP contribution in [-0.4, -0.2) is 20.2 Å². The van der Waals surface area contributed by atoms with E-state index in [1.54, 1.807) is 6.92 Å². The lowest BCUT2D eigenvalue weighted by molar-refractivity contribution is 0.0602. The Balaban J connectivity index is 3.40. The number of nitrogens with two attached hydrogens (primary N) is 1. The predicted octanol–water partition coefficient (Wildman–Crippen LogP) is 2.03. The van der Waals surface area contributed by atoms with Crippen LogP contribution in [0.2, 0.25) is 5.02 Å². The second-order valence-corrected chi connectivity index (χ2v) is 3.38. The zero-order chi connectivity index (χ0) is 11.6. The summed E-state index contributed by atoms with van der Waals surface area (Å²) < 4.78 is 9.64. The Labute approximate surface area is 92.9 Å². The smallest absolute Gasteiger partial charge is 0.340 e. The Hall–Kier alpha value is -1.42. The lowest BCUT2D eigenvalue weighted by Crippen LogP contribution is -2.08. The quantitative estimate of drug-likeness (QED) is 0.623. The van der Waals surface area contributed by atoms with Gasteiger partial charge in [-0.1, -0.05) is 11.6 Å². The Morgan fingerprint density at radius 3 is 2.53 bits per heavy atom. The lowest BCUT2D eigenvalue weighted by atomic mass is 10.1. The molecule has 82 valence electrons. The van der Waals surface area contributed by atoms with Crippen LogP contribution in [0.15, 0.2) is 6.07 Å². The largest absolute Gasteiger partial charge is 0.495 e. The number of esters is 1. The zero-order valence-electron chi connectivity index (χ0n) is 8.76. The molecule has 0 radical (unpaired) electrons. The fourth-order valence-corrected chi connectivity index (χ4v) is 1.63. The van der Waals surface area contributed by atoms with Crippen LogP contribution in [-0.2, 0) is 4.74 Å². The molecule has 0 saturated heterocycles. The SMILES string of the molecule is COC(=O)c1cc(Cl)c(OC)c(C)c1N. The van der Waals surface area contributed by atoms with E-state index in [-0.39, 0.29) is 5.56 Å². The molecule has 15 heavy (non-hydrogen) atoms. The molecule has 0 bridgehead atoms. The van der Waals surface area contributed by atoms with Crippen molar-refractivity contribution in [2.75, 3.05) is 20.0 Å². The van der Waals surface area contributed by atoms with E-state index >= 15 is 0 Å². The van der Waals surface area contributed by atoms with Gasteiger partial charge in [0.2, 0.25) is 0 Å². The molecular formula is C10H12ClNO3. The van der Waals surface area contributed by atoms with Crippen LogP contribution in [0.5, 0.6) is 5.75 Å². The third-order valence-electron chi connectivity index (χ3n) is 2.13. The molecule has 0 spiro atoms. The highest BCUT2D eigenvalue weighted by molar-refractivity contribution is 6.32. The van der Waals surface area contributed by atoms with Gasteiger partial charge in [0.1, 0.15) is 5.75 Å². The van der Waals surface area contributed by atoms with Gasteiger partial charge in [0.15, 0.2) is 0 Å². The molecule has 1 aromatic carbocycles. The molecule has 0 aromatic heterocycles. The van der Waals surface area contributed by atoms with E-state index in [9.17, 15) is 4.79 Å². The first-order chi connectivity index (χ1) is 7.02. The average molecular weight is 230 g/mol. The summed E-state index contributed by atoms with van der Waals surface area (Å²) in [7, 11) is 2.78. The van der Waals surface area contributed by atoms with Crippen molar-refractivity contribution in [2.45, 2.75) is 6.92 Å². The number of carbonyl (C=O) groups is 1. The molecule has 0 heterocycles. The number of hydrogen-bond acceptors (Lipinski definition) is 4. The maximum absolute atomic E-state index is 11.3. The summed E-state index contributed by atoms with van der Waals surface area (Å²) in [4.78, 5) is 11.3. The first-order valence-corrected chi connectivity index (χ1v) is 4.61. The minimum atomic E-state index is -0.514. The molecule has 0 saturated carbocycles. The van der Waals surface area contributed by atoms with Gasteiger partial charge in [-0.15, -0.1) is 0 Å². The topological polar surface area (TPSA) is 61.5 Å². The van der Waals surface area contributed by atoms with Crippen LogP contribution in [0.1, 0.15) is 15.9 Å². The van der Waals surface area contributed by atoms with Gasteiger partial charge in [0.05, 0.1) is 30.5 Å². The van der Waals surface area contributed by atoms with Crippen molar-refractivity contribution in [3.05, 3.63) is 22.2 Å². The molecule has 0 unspecified atom stereocenters. The standard InChI is InChI=1S/C10H12ClNO3/c1-5-8(12)6(10(13)15-3)4-7(11)9(5)14-2/h4H,12H2,1-3H3. The summed E-state index contributed by atoms with van der Waals surface area (Å²) in [5.74, 6) is -0.0398. The second-order valence-electron chi connectivity index (χ2n) is 2.97. The van der Waals surface area contributed by atoms with E-state index < -0.39 is 5.97 Å². The number of hydrogen-bond donors (Lipinski definition) is 1. The van der Waals surface area contributed by atoms with E-state index in [2.05, 4.69) is 4.74 Å². The number of benzene rings is 1. The minimum absolute atomic E-state index is 0.251. The highest BCUT2D eigenvalue weighted by atomic mass is 35.5. The van der Waals surface area contributed by atoms with Gasteiger partial charge in [-0.05, 0) is 13.0 Å². The molecule has 0 amide bonds. The number of rotatable bonds is 2. The van der Waals surface area contributed by atoms with Gasteiger partial charge in [-0.25, -0.2) is 4.79 Å². The van der Waals surface area contributed by atoms with Crippen molar-refractivity contribution >= 4 is 23.3 Å². The van der Waals surface area contributed by atoms with Crippen molar-refractivity contribution < 1.29 is 14.3 Å². The highest BCUT2D eigenvalue weighted by Gasteiger charge is 2.17. The number of anilines is 1. The van der Waals surface area contributed by atoms with Crippen LogP contribution < -0.4 is 10.5 Å². The first kappa shape index (κ1) is 11.7. The van der Waals surface area contributed by atoms with Gasteiger partial charge < -0.3 is 15.2 Å². The van der Waals surface area contributed by atoms with Crippen LogP contribution in [0.4, 0.5) is 5.69 Å². The van der Waals surface area contributed by atoms with Crippen molar-refractivity contribution in [1.82, 2.24) is 0 Å². The van der Waals surface area contributed by atoms with Gasteiger partial charge in [-0.3, -0.25) is 0 Å². The number of nitrogen functional groups attached to an aromatic ring is 1. The molecular weight excluding hydrogens is 218 g/mol. The Bertz CT molecular complexity index is 404. The van der Waals surface area contributed by atoms with Crippen molar-refractivity contribution in [1.29, 1.82) is 0 Å². The van der Waals surface area contributed by atoms with E-state index in [1.165, 1.54) is 20.3 Å². The van der Waals surface area contributed by atoms with Crippen LogP contribution in [0, 0.1) is 6.92 Å². The second kappa shape index (κ2) is 4.40. The molecule has 0 fully saturated rings. The summed E-state index contributed by atoms with van der Waals surface area (Å²) in [6.45, 7) is 1.73. The van der Waals surface area contributed by atoms with Gasteiger partial charge in [0.25, 0.3) is 0 Å². The van der Waals surface area contributed by atoms with Crippen LogP contribution >= 0.6 is 11.6 Å². The van der Waals surface area contributed by atoms with Gasteiger partial charge in [0, 0.05) is 5.56 Å². The average Bonchev–Trinajstić information content (AvgIpc) is 2.23. The molecule has 4 nitrogen and oxygen atoms in total. The molecule has 0 aliphatic rings. The number of halogens is 1. The summed E-state index contributed by atoms with van der Waals surface area (Å²) in [5.41, 5.74) is 6.97. The molecule has 2 N–H and O–H groups in total. The monoisotopic (exact) mass is 229 g/mol. The zero-order valence-corrected chi connectivity index (χ0v) is 9.51. The number of carbonyl (C=O) groups excluding carboxylic acids is 1. The lowest BCUT2D eigenvalue weighted by Gasteiger charge is -2.12. The number of methoxy groups -OCH3 is 2. The molecule has 0 aliphatic heterocycles. The third-order valence-corrected chi connectivity index (χ3v) is 2.41. The summed E-state index contributed by atoms with van der Waals surface area (Å²) in [6, 6.07) is 1.44. The molecule has 1 rings (SSSR count). The normalized spacial score (nSPS) is 9.87. The fraction of sp³-hybridized carbons (Fsp3) is 0.300. The van der Waals surface area contributed by atoms with E-state index in [4.69, 9.17) is 22.1 Å². The Kier molecular flexibility index (Phi) is 3.42. The van der Waals surface area contributed by atoms with Gasteiger partial charge in [-0.2, -0.15) is 0 Å². The summed E-state index contributed by atoms with van der Waals surface area (Å²) >= 11 is 5.92. The Morgan fingerprint density at radius 1 is 1.47 bits per heavy atom. The highest BCUT2D eigenvalue weighted by Crippen LogP contribution is 2.34. The van der Waals surface area contributed by atoms with Crippen LogP contribution in [0.3, 0.4) is 0 Å².